The molecule has 2 aromatic rings. The van der Waals surface area contributed by atoms with Crippen LogP contribution in [0, 0.1) is 10.8 Å². The number of nitrogens with two attached hydrogens (primary N) is 2. The zero-order chi connectivity index (χ0) is 19.1. The molecule has 0 fully saturated rings. The average molecular weight is 362 g/mol. The first kappa shape index (κ1) is 17.9. The number of nitrogen functional groups attached to an aromatic ring is 1. The lowest BCUT2D eigenvalue weighted by Crippen LogP contribution is -2.29. The summed E-state index contributed by atoms with van der Waals surface area (Å²) in [6, 6.07) is 3.17. The largest absolute Gasteiger partial charge is 0.433 e. The zero-order valence-corrected chi connectivity index (χ0v) is 13.7. The van der Waals surface area contributed by atoms with E-state index in [0.717, 1.165) is 18.0 Å². The van der Waals surface area contributed by atoms with E-state index in [9.17, 15) is 13.2 Å². The lowest BCUT2D eigenvalue weighted by atomic mass is 9.89. The summed E-state index contributed by atoms with van der Waals surface area (Å²) >= 11 is 0. The number of rotatable bonds is 3. The number of hydrogen-bond acceptors (Lipinski definition) is 6. The molecular formula is C17H17F3N6. The van der Waals surface area contributed by atoms with Crippen molar-refractivity contribution in [3.05, 3.63) is 40.7 Å². The van der Waals surface area contributed by atoms with Crippen LogP contribution in [0.5, 0.6) is 0 Å². The molecule has 0 atom stereocenters. The lowest BCUT2D eigenvalue weighted by molar-refractivity contribution is -0.0578. The summed E-state index contributed by atoms with van der Waals surface area (Å²) in [5.74, 6) is 0. The van der Waals surface area contributed by atoms with Gasteiger partial charge in [-0.3, -0.25) is 5.41 Å². The first-order valence-corrected chi connectivity index (χ1v) is 7.83. The van der Waals surface area contributed by atoms with E-state index in [1.54, 1.807) is 12.1 Å². The van der Waals surface area contributed by atoms with Crippen molar-refractivity contribution in [2.45, 2.75) is 19.1 Å². The first-order valence-electron chi connectivity index (χ1n) is 7.83. The van der Waals surface area contributed by atoms with Crippen LogP contribution in [0.15, 0.2) is 18.3 Å². The molecule has 9 heteroatoms. The zero-order valence-electron chi connectivity index (χ0n) is 13.7. The maximum Gasteiger partial charge on any atom is 0.433 e. The molecule has 0 bridgehead atoms. The van der Waals surface area contributed by atoms with Gasteiger partial charge in [0.1, 0.15) is 5.71 Å². The quantitative estimate of drug-likeness (QED) is 0.424. The summed E-state index contributed by atoms with van der Waals surface area (Å²) in [7, 11) is 0. The highest BCUT2D eigenvalue weighted by atomic mass is 19.4. The number of nitrogens with zero attached hydrogens (tertiary/aromatic N) is 1. The fraction of sp³-hybridized carbons (Fsp3) is 0.235. The van der Waals surface area contributed by atoms with E-state index in [0.29, 0.717) is 47.2 Å². The highest BCUT2D eigenvalue weighted by molar-refractivity contribution is 6.25. The Morgan fingerprint density at radius 2 is 2.00 bits per heavy atom. The summed E-state index contributed by atoms with van der Waals surface area (Å²) in [6.07, 6.45) is -2.40. The number of pyridine rings is 1. The molecule has 2 heterocycles. The van der Waals surface area contributed by atoms with Crippen molar-refractivity contribution in [1.29, 1.82) is 10.8 Å². The second-order valence-corrected chi connectivity index (χ2v) is 5.90. The third kappa shape index (κ3) is 2.80. The summed E-state index contributed by atoms with van der Waals surface area (Å²) < 4.78 is 39.2. The van der Waals surface area contributed by atoms with Crippen molar-refractivity contribution < 1.29 is 13.2 Å². The van der Waals surface area contributed by atoms with Crippen molar-refractivity contribution in [3.63, 3.8) is 0 Å². The van der Waals surface area contributed by atoms with Crippen LogP contribution in [-0.4, -0.2) is 29.6 Å². The molecule has 0 radical (unpaired) electrons. The van der Waals surface area contributed by atoms with Gasteiger partial charge in [0.05, 0.1) is 11.2 Å². The number of alkyl halides is 3. The fourth-order valence-electron chi connectivity index (χ4n) is 3.22. The van der Waals surface area contributed by atoms with Crippen molar-refractivity contribution in [3.8, 4) is 0 Å². The molecular weight excluding hydrogens is 345 g/mol. The predicted octanol–water partition coefficient (Wildman–Crippen LogP) is 2.34. The minimum Gasteiger partial charge on any atom is -0.404 e. The molecule has 0 saturated carbocycles. The molecule has 1 aromatic heterocycles. The molecule has 0 saturated heterocycles. The van der Waals surface area contributed by atoms with Gasteiger partial charge in [0.15, 0.2) is 0 Å². The second-order valence-electron chi connectivity index (χ2n) is 5.90. The maximum atomic E-state index is 13.1. The van der Waals surface area contributed by atoms with Gasteiger partial charge in [-0.25, -0.2) is 4.98 Å². The smallest absolute Gasteiger partial charge is 0.404 e. The molecule has 1 aromatic carbocycles. The Bertz CT molecular complexity index is 946. The van der Waals surface area contributed by atoms with E-state index in [-0.39, 0.29) is 5.69 Å². The van der Waals surface area contributed by atoms with Gasteiger partial charge < -0.3 is 22.2 Å². The Hall–Kier alpha value is -2.94. The lowest BCUT2D eigenvalue weighted by Gasteiger charge is -2.24. The van der Waals surface area contributed by atoms with Crippen LogP contribution in [-0.2, 0) is 13.0 Å². The number of nitrogens with one attached hydrogen (secondary N) is 3. The fourth-order valence-corrected chi connectivity index (χ4v) is 3.22. The van der Waals surface area contributed by atoms with Crippen molar-refractivity contribution in [2.24, 2.45) is 5.73 Å². The van der Waals surface area contributed by atoms with Gasteiger partial charge in [0, 0.05) is 41.2 Å². The monoisotopic (exact) mass is 362 g/mol. The first-order chi connectivity index (χ1) is 12.3. The molecule has 7 N–H and O–H groups in total. The topological polar surface area (TPSA) is 125 Å². The Balaban J connectivity index is 2.37. The Kier molecular flexibility index (Phi) is 4.41. The van der Waals surface area contributed by atoms with Gasteiger partial charge in [0.25, 0.3) is 0 Å². The SMILES string of the molecule is N=Cc1c(N)ccc2nc(/C(=C/N)C(=N)C(F)(F)F)c3c(c12)CCNC3. The number of aromatic nitrogens is 1. The molecule has 26 heavy (non-hydrogen) atoms. The van der Waals surface area contributed by atoms with E-state index < -0.39 is 17.5 Å². The van der Waals surface area contributed by atoms with Crippen LogP contribution in [0.4, 0.5) is 18.9 Å². The highest BCUT2D eigenvalue weighted by Crippen LogP contribution is 2.35. The van der Waals surface area contributed by atoms with Gasteiger partial charge in [-0.2, -0.15) is 13.2 Å². The predicted molar refractivity (Wildman–Crippen MR) is 95.4 cm³/mol. The van der Waals surface area contributed by atoms with E-state index in [4.69, 9.17) is 22.3 Å². The van der Waals surface area contributed by atoms with Crippen LogP contribution >= 0.6 is 0 Å². The minimum absolute atomic E-state index is 0.0326. The van der Waals surface area contributed by atoms with Gasteiger partial charge in [-0.15, -0.1) is 0 Å². The van der Waals surface area contributed by atoms with Crippen LogP contribution in [0.1, 0.15) is 22.4 Å². The van der Waals surface area contributed by atoms with E-state index in [1.807, 2.05) is 0 Å². The number of halogens is 3. The van der Waals surface area contributed by atoms with E-state index in [1.165, 1.54) is 0 Å². The molecule has 136 valence electrons. The standard InChI is InChI=1S/C17H17F3N6/c18-17(19,20)16(24)10(6-22)15-11-7-25-4-3-8(11)14-9(5-21)12(23)1-2-13(14)26-15/h1-2,5-6,21,24-25H,3-4,7,22-23H2/b10-6-,21-5?,24-16?. The van der Waals surface area contributed by atoms with E-state index in [2.05, 4.69) is 10.3 Å². The van der Waals surface area contributed by atoms with Crippen LogP contribution in [0.25, 0.3) is 16.5 Å². The summed E-state index contributed by atoms with van der Waals surface area (Å²) in [4.78, 5) is 4.36. The van der Waals surface area contributed by atoms with Crippen LogP contribution < -0.4 is 16.8 Å². The molecule has 0 amide bonds. The van der Waals surface area contributed by atoms with Crippen LogP contribution in [0.3, 0.4) is 0 Å². The minimum atomic E-state index is -4.84. The molecule has 6 nitrogen and oxygen atoms in total. The van der Waals surface area contributed by atoms with Crippen molar-refractivity contribution >= 4 is 34.1 Å². The number of benzene rings is 1. The third-order valence-electron chi connectivity index (χ3n) is 4.41. The normalized spacial score (nSPS) is 15.0. The number of fused-ring (bicyclic) bond motifs is 3. The molecule has 1 aliphatic rings. The van der Waals surface area contributed by atoms with Gasteiger partial charge in [-0.05, 0) is 36.2 Å². The van der Waals surface area contributed by atoms with Crippen molar-refractivity contribution in [1.82, 2.24) is 10.3 Å². The molecule has 3 rings (SSSR count). The van der Waals surface area contributed by atoms with Gasteiger partial charge in [0.2, 0.25) is 0 Å². The Morgan fingerprint density at radius 3 is 2.62 bits per heavy atom. The van der Waals surface area contributed by atoms with Gasteiger partial charge >= 0.3 is 6.18 Å². The second kappa shape index (κ2) is 6.41. The highest BCUT2D eigenvalue weighted by Gasteiger charge is 2.38. The summed E-state index contributed by atoms with van der Waals surface area (Å²) in [5.41, 5.74) is 12.1. The number of allylic oxidation sites excluding steroid dienone is 1. The molecule has 0 unspecified atom stereocenters. The molecule has 0 aliphatic carbocycles. The van der Waals surface area contributed by atoms with E-state index >= 15 is 0 Å². The molecule has 0 spiro atoms. The number of hydrogen-bond donors (Lipinski definition) is 5. The molecule has 1 aliphatic heterocycles. The Labute approximate surface area is 147 Å². The van der Waals surface area contributed by atoms with Crippen molar-refractivity contribution in [2.75, 3.05) is 12.3 Å². The maximum absolute atomic E-state index is 13.1. The number of anilines is 1. The van der Waals surface area contributed by atoms with Crippen LogP contribution in [0.2, 0.25) is 0 Å². The Morgan fingerprint density at radius 1 is 1.27 bits per heavy atom. The summed E-state index contributed by atoms with van der Waals surface area (Å²) in [6.45, 7) is 0.929. The third-order valence-corrected chi connectivity index (χ3v) is 4.41. The van der Waals surface area contributed by atoms with Gasteiger partial charge in [-0.1, -0.05) is 0 Å². The summed E-state index contributed by atoms with van der Waals surface area (Å²) in [5, 5.41) is 18.9. The average Bonchev–Trinajstić information content (AvgIpc) is 2.61.